The van der Waals surface area contributed by atoms with E-state index < -0.39 is 0 Å². The Labute approximate surface area is 165 Å². The number of rotatable bonds is 9. The van der Waals surface area contributed by atoms with Gasteiger partial charge < -0.3 is 23.4 Å². The van der Waals surface area contributed by atoms with Crippen molar-refractivity contribution in [1.29, 1.82) is 0 Å². The zero-order valence-corrected chi connectivity index (χ0v) is 16.5. The smallest absolute Gasteiger partial charge is 0.290 e. The largest absolute Gasteiger partial charge is 0.467 e. The molecule has 0 bridgehead atoms. The summed E-state index contributed by atoms with van der Waals surface area (Å²) in [6, 6.07) is 6.85. The Kier molecular flexibility index (Phi) is 6.92. The van der Waals surface area contributed by atoms with Crippen molar-refractivity contribution >= 4 is 11.8 Å². The third-order valence-corrected chi connectivity index (χ3v) is 5.15. The predicted octanol–water partition coefficient (Wildman–Crippen LogP) is 3.32. The van der Waals surface area contributed by atoms with Gasteiger partial charge in [0.05, 0.1) is 25.2 Å². The van der Waals surface area contributed by atoms with Gasteiger partial charge in [0.1, 0.15) is 12.3 Å². The van der Waals surface area contributed by atoms with E-state index in [0.29, 0.717) is 18.8 Å². The molecule has 2 unspecified atom stereocenters. The quantitative estimate of drug-likeness (QED) is 0.659. The van der Waals surface area contributed by atoms with Crippen molar-refractivity contribution in [2.24, 2.45) is 0 Å². The summed E-state index contributed by atoms with van der Waals surface area (Å²) in [4.78, 5) is 29.3. The highest BCUT2D eigenvalue weighted by Gasteiger charge is 2.29. The first kappa shape index (κ1) is 20.2. The van der Waals surface area contributed by atoms with Crippen molar-refractivity contribution < 1.29 is 23.2 Å². The zero-order valence-electron chi connectivity index (χ0n) is 16.5. The fourth-order valence-corrected chi connectivity index (χ4v) is 3.32. The van der Waals surface area contributed by atoms with Gasteiger partial charge in [-0.25, -0.2) is 0 Å². The third kappa shape index (κ3) is 5.04. The molecule has 0 spiro atoms. The monoisotopic (exact) mass is 388 g/mol. The summed E-state index contributed by atoms with van der Waals surface area (Å²) >= 11 is 0. The zero-order chi connectivity index (χ0) is 19.9. The second-order valence-electron chi connectivity index (χ2n) is 7.16. The highest BCUT2D eigenvalue weighted by molar-refractivity contribution is 5.94. The van der Waals surface area contributed by atoms with Gasteiger partial charge in [-0.15, -0.1) is 0 Å². The minimum absolute atomic E-state index is 0.0119. The molecule has 2 atom stereocenters. The molecular formula is C21H28N2O5. The Bertz CT molecular complexity index is 735. The van der Waals surface area contributed by atoms with Crippen molar-refractivity contribution in [2.75, 3.05) is 19.7 Å². The van der Waals surface area contributed by atoms with Crippen LogP contribution < -0.4 is 0 Å². The normalized spacial score (nSPS) is 17.4. The van der Waals surface area contributed by atoms with Crippen molar-refractivity contribution in [3.63, 3.8) is 0 Å². The molecule has 0 saturated carbocycles. The number of amides is 2. The molecule has 3 rings (SSSR count). The van der Waals surface area contributed by atoms with E-state index in [4.69, 9.17) is 13.6 Å². The molecule has 0 aromatic carbocycles. The molecular weight excluding hydrogens is 360 g/mol. The average molecular weight is 388 g/mol. The van der Waals surface area contributed by atoms with Crippen LogP contribution in [0.2, 0.25) is 0 Å². The second kappa shape index (κ2) is 9.59. The van der Waals surface area contributed by atoms with Crippen molar-refractivity contribution in [1.82, 2.24) is 9.80 Å². The van der Waals surface area contributed by atoms with E-state index in [1.54, 1.807) is 34.3 Å². The number of hydrogen-bond donors (Lipinski definition) is 0. The van der Waals surface area contributed by atoms with Gasteiger partial charge in [0.2, 0.25) is 5.91 Å². The van der Waals surface area contributed by atoms with Crippen LogP contribution >= 0.6 is 0 Å². The summed E-state index contributed by atoms with van der Waals surface area (Å²) in [5.41, 5.74) is 0. The first-order chi connectivity index (χ1) is 13.6. The molecule has 0 aliphatic carbocycles. The molecule has 2 aromatic heterocycles. The Balaban J connectivity index is 1.73. The van der Waals surface area contributed by atoms with Gasteiger partial charge in [0, 0.05) is 19.2 Å². The van der Waals surface area contributed by atoms with Crippen molar-refractivity contribution in [2.45, 2.75) is 51.8 Å². The Hall–Kier alpha value is -2.54. The van der Waals surface area contributed by atoms with Gasteiger partial charge in [-0.3, -0.25) is 9.59 Å². The highest BCUT2D eigenvalue weighted by Crippen LogP contribution is 2.17. The highest BCUT2D eigenvalue weighted by atomic mass is 16.5. The summed E-state index contributed by atoms with van der Waals surface area (Å²) in [5.74, 6) is 0.540. The topological polar surface area (TPSA) is 76.1 Å². The first-order valence-corrected chi connectivity index (χ1v) is 9.84. The van der Waals surface area contributed by atoms with E-state index >= 15 is 0 Å². The van der Waals surface area contributed by atoms with Crippen molar-refractivity contribution in [3.8, 4) is 0 Å². The number of nitrogens with zero attached hydrogens (tertiary/aromatic N) is 2. The number of carbonyl (C=O) groups is 2. The van der Waals surface area contributed by atoms with Crippen LogP contribution in [-0.2, 0) is 16.1 Å². The summed E-state index contributed by atoms with van der Waals surface area (Å²) in [6.45, 7) is 5.48. The molecule has 28 heavy (non-hydrogen) atoms. The molecule has 3 heterocycles. The van der Waals surface area contributed by atoms with Gasteiger partial charge in [-0.2, -0.15) is 0 Å². The minimum Gasteiger partial charge on any atom is -0.467 e. The maximum atomic E-state index is 13.2. The van der Waals surface area contributed by atoms with Crippen LogP contribution in [0, 0.1) is 0 Å². The molecule has 7 nitrogen and oxygen atoms in total. The summed E-state index contributed by atoms with van der Waals surface area (Å²) in [7, 11) is 0. The SMILES string of the molecule is CCC(C)N(CC(=O)N(Cc1ccco1)CC1CCCO1)C(=O)c1ccco1. The van der Waals surface area contributed by atoms with Crippen LogP contribution in [0.1, 0.15) is 49.4 Å². The van der Waals surface area contributed by atoms with Gasteiger partial charge in [0.15, 0.2) is 5.76 Å². The molecule has 0 radical (unpaired) electrons. The van der Waals surface area contributed by atoms with Crippen LogP contribution in [-0.4, -0.2) is 53.5 Å². The van der Waals surface area contributed by atoms with Gasteiger partial charge in [0.25, 0.3) is 5.91 Å². The third-order valence-electron chi connectivity index (χ3n) is 5.15. The van der Waals surface area contributed by atoms with Crippen LogP contribution in [0.15, 0.2) is 45.6 Å². The number of carbonyl (C=O) groups excluding carboxylic acids is 2. The average Bonchev–Trinajstić information content (AvgIpc) is 3.47. The Morgan fingerprint density at radius 1 is 1.21 bits per heavy atom. The second-order valence-corrected chi connectivity index (χ2v) is 7.16. The fraction of sp³-hybridized carbons (Fsp3) is 0.524. The van der Waals surface area contributed by atoms with E-state index in [-0.39, 0.29) is 36.3 Å². The predicted molar refractivity (Wildman–Crippen MR) is 103 cm³/mol. The van der Waals surface area contributed by atoms with Crippen LogP contribution in [0.4, 0.5) is 0 Å². The standard InChI is InChI=1S/C21H28N2O5/c1-3-16(2)23(21(25)19-9-6-12-28-19)15-20(24)22(13-17-7-4-10-26-17)14-18-8-5-11-27-18/h4,6-7,9-10,12,16,18H,3,5,8,11,13-15H2,1-2H3. The molecule has 152 valence electrons. The lowest BCUT2D eigenvalue weighted by Gasteiger charge is -2.31. The number of hydrogen-bond acceptors (Lipinski definition) is 5. The molecule has 1 fully saturated rings. The lowest BCUT2D eigenvalue weighted by Crippen LogP contribution is -2.47. The maximum absolute atomic E-state index is 13.2. The molecule has 2 amide bonds. The molecule has 7 heteroatoms. The van der Waals surface area contributed by atoms with Crippen LogP contribution in [0.3, 0.4) is 0 Å². The van der Waals surface area contributed by atoms with Gasteiger partial charge >= 0.3 is 0 Å². The van der Waals surface area contributed by atoms with Gasteiger partial charge in [-0.05, 0) is 50.5 Å². The molecule has 1 aliphatic heterocycles. The van der Waals surface area contributed by atoms with E-state index in [1.165, 1.54) is 6.26 Å². The molecule has 1 aliphatic rings. The fourth-order valence-electron chi connectivity index (χ4n) is 3.32. The van der Waals surface area contributed by atoms with E-state index in [9.17, 15) is 9.59 Å². The molecule has 2 aromatic rings. The first-order valence-electron chi connectivity index (χ1n) is 9.84. The summed E-state index contributed by atoms with van der Waals surface area (Å²) in [5, 5.41) is 0. The lowest BCUT2D eigenvalue weighted by atomic mass is 10.2. The summed E-state index contributed by atoms with van der Waals surface area (Å²) < 4.78 is 16.4. The molecule has 1 saturated heterocycles. The van der Waals surface area contributed by atoms with Crippen LogP contribution in [0.5, 0.6) is 0 Å². The molecule has 0 N–H and O–H groups in total. The van der Waals surface area contributed by atoms with Crippen molar-refractivity contribution in [3.05, 3.63) is 48.3 Å². The number of furan rings is 2. The van der Waals surface area contributed by atoms with E-state index in [2.05, 4.69) is 0 Å². The van der Waals surface area contributed by atoms with E-state index in [1.807, 2.05) is 19.9 Å². The van der Waals surface area contributed by atoms with Gasteiger partial charge in [-0.1, -0.05) is 6.92 Å². The lowest BCUT2D eigenvalue weighted by molar-refractivity contribution is -0.134. The van der Waals surface area contributed by atoms with Crippen LogP contribution in [0.25, 0.3) is 0 Å². The summed E-state index contributed by atoms with van der Waals surface area (Å²) in [6.07, 6.45) is 5.76. The maximum Gasteiger partial charge on any atom is 0.290 e. The Morgan fingerprint density at radius 2 is 2.00 bits per heavy atom. The van der Waals surface area contributed by atoms with E-state index in [0.717, 1.165) is 25.9 Å². The number of ether oxygens (including phenoxy) is 1. The Morgan fingerprint density at radius 3 is 2.61 bits per heavy atom. The minimum atomic E-state index is -0.275.